The monoisotopic (exact) mass is 345 g/mol. The van der Waals surface area contributed by atoms with Crippen molar-refractivity contribution in [2.24, 2.45) is 0 Å². The first-order valence-corrected chi connectivity index (χ1v) is 8.45. The Kier molecular flexibility index (Phi) is 4.71. The number of sulfonamides is 1. The minimum absolute atomic E-state index is 0.139. The lowest BCUT2D eigenvalue weighted by Gasteiger charge is -2.08. The predicted molar refractivity (Wildman–Crippen MR) is 84.7 cm³/mol. The summed E-state index contributed by atoms with van der Waals surface area (Å²) >= 11 is 6.71. The molecule has 0 aliphatic rings. The average Bonchev–Trinajstić information content (AvgIpc) is 2.88. The number of hydrogen-bond donors (Lipinski definition) is 3. The van der Waals surface area contributed by atoms with Gasteiger partial charge in [0.25, 0.3) is 10.0 Å². The number of thiophene rings is 1. The topological polar surface area (TPSA) is 87.3 Å². The lowest BCUT2D eigenvalue weighted by molar-refractivity contribution is 0.254. The van der Waals surface area contributed by atoms with Crippen LogP contribution in [0.15, 0.2) is 40.6 Å². The maximum Gasteiger partial charge on any atom is 0.318 e. The molecule has 1 aromatic carbocycles. The summed E-state index contributed by atoms with van der Waals surface area (Å²) < 4.78 is 27.1. The van der Waals surface area contributed by atoms with E-state index in [9.17, 15) is 13.2 Å². The molecule has 0 aliphatic heterocycles. The van der Waals surface area contributed by atoms with Crippen LogP contribution in [0.2, 0.25) is 4.34 Å². The second kappa shape index (κ2) is 6.33. The Hall–Kier alpha value is -1.77. The summed E-state index contributed by atoms with van der Waals surface area (Å²) in [6, 6.07) is 8.91. The van der Waals surface area contributed by atoms with Gasteiger partial charge in [-0.1, -0.05) is 11.6 Å². The molecule has 2 rings (SSSR count). The fraction of sp³-hybridized carbons (Fsp3) is 0.0833. The molecule has 0 fully saturated rings. The number of nitrogens with one attached hydrogen (secondary N) is 3. The molecular formula is C12H12ClN3O3S2. The lowest BCUT2D eigenvalue weighted by atomic mass is 10.3. The van der Waals surface area contributed by atoms with Gasteiger partial charge in [0.1, 0.15) is 4.21 Å². The molecule has 0 atom stereocenters. The van der Waals surface area contributed by atoms with Crippen LogP contribution in [0.1, 0.15) is 0 Å². The minimum Gasteiger partial charge on any atom is -0.341 e. The molecule has 0 spiro atoms. The van der Waals surface area contributed by atoms with Crippen LogP contribution in [0.25, 0.3) is 0 Å². The highest BCUT2D eigenvalue weighted by Crippen LogP contribution is 2.27. The van der Waals surface area contributed by atoms with Crippen molar-refractivity contribution in [3.8, 4) is 0 Å². The summed E-state index contributed by atoms with van der Waals surface area (Å²) in [7, 11) is -2.14. The SMILES string of the molecule is CNC(=O)Nc1ccc(NS(=O)(=O)c2ccc(Cl)s2)cc1. The Bertz CT molecular complexity index is 741. The van der Waals surface area contributed by atoms with Gasteiger partial charge < -0.3 is 10.6 Å². The average molecular weight is 346 g/mol. The smallest absolute Gasteiger partial charge is 0.318 e. The lowest BCUT2D eigenvalue weighted by Crippen LogP contribution is -2.24. The van der Waals surface area contributed by atoms with Crippen LogP contribution >= 0.6 is 22.9 Å². The van der Waals surface area contributed by atoms with Crippen LogP contribution in [-0.4, -0.2) is 21.5 Å². The minimum atomic E-state index is -3.65. The molecule has 0 unspecified atom stereocenters. The highest BCUT2D eigenvalue weighted by Gasteiger charge is 2.16. The third-order valence-electron chi connectivity index (χ3n) is 2.44. The van der Waals surface area contributed by atoms with Crippen molar-refractivity contribution in [3.05, 3.63) is 40.7 Å². The number of benzene rings is 1. The van der Waals surface area contributed by atoms with Crippen LogP contribution in [0.4, 0.5) is 16.2 Å². The van der Waals surface area contributed by atoms with Crippen LogP contribution in [0.5, 0.6) is 0 Å². The quantitative estimate of drug-likeness (QED) is 0.796. The molecule has 112 valence electrons. The number of urea groups is 1. The molecule has 21 heavy (non-hydrogen) atoms. The van der Waals surface area contributed by atoms with E-state index >= 15 is 0 Å². The molecule has 1 heterocycles. The highest BCUT2D eigenvalue weighted by atomic mass is 35.5. The predicted octanol–water partition coefficient (Wildman–Crippen LogP) is 2.95. The van der Waals surface area contributed by atoms with E-state index in [1.807, 2.05) is 0 Å². The molecule has 0 aliphatic carbocycles. The summed E-state index contributed by atoms with van der Waals surface area (Å²) in [6.45, 7) is 0. The first-order chi connectivity index (χ1) is 9.90. The summed E-state index contributed by atoms with van der Waals surface area (Å²) in [6.07, 6.45) is 0. The number of halogens is 1. The molecule has 0 saturated heterocycles. The molecule has 0 saturated carbocycles. The van der Waals surface area contributed by atoms with Gasteiger partial charge in [-0.3, -0.25) is 4.72 Å². The maximum atomic E-state index is 12.1. The molecule has 2 amide bonds. The summed E-state index contributed by atoms with van der Waals surface area (Å²) in [5.41, 5.74) is 0.943. The number of anilines is 2. The number of amides is 2. The van der Waals surface area contributed by atoms with Gasteiger partial charge >= 0.3 is 6.03 Å². The van der Waals surface area contributed by atoms with Crippen molar-refractivity contribution in [2.75, 3.05) is 17.1 Å². The van der Waals surface area contributed by atoms with Crippen LogP contribution in [0.3, 0.4) is 0 Å². The van der Waals surface area contributed by atoms with E-state index in [4.69, 9.17) is 11.6 Å². The number of carbonyl (C=O) groups is 1. The Morgan fingerprint density at radius 3 is 2.24 bits per heavy atom. The van der Waals surface area contributed by atoms with Gasteiger partial charge in [-0.15, -0.1) is 11.3 Å². The van der Waals surface area contributed by atoms with Crippen LogP contribution in [-0.2, 0) is 10.0 Å². The largest absolute Gasteiger partial charge is 0.341 e. The molecular weight excluding hydrogens is 334 g/mol. The highest BCUT2D eigenvalue weighted by molar-refractivity contribution is 7.94. The number of hydrogen-bond acceptors (Lipinski definition) is 4. The van der Waals surface area contributed by atoms with Gasteiger partial charge in [-0.25, -0.2) is 13.2 Å². The van der Waals surface area contributed by atoms with Crippen molar-refractivity contribution >= 4 is 50.4 Å². The van der Waals surface area contributed by atoms with Gasteiger partial charge in [-0.05, 0) is 36.4 Å². The first kappa shape index (κ1) is 15.6. The van der Waals surface area contributed by atoms with Gasteiger partial charge in [0.2, 0.25) is 0 Å². The van der Waals surface area contributed by atoms with E-state index in [0.717, 1.165) is 11.3 Å². The van der Waals surface area contributed by atoms with Crippen molar-refractivity contribution in [2.45, 2.75) is 4.21 Å². The fourth-order valence-electron chi connectivity index (χ4n) is 1.46. The van der Waals surface area contributed by atoms with Crippen molar-refractivity contribution in [1.82, 2.24) is 5.32 Å². The second-order valence-corrected chi connectivity index (χ2v) is 7.57. The Balaban J connectivity index is 2.11. The first-order valence-electron chi connectivity index (χ1n) is 5.77. The molecule has 6 nitrogen and oxygen atoms in total. The van der Waals surface area contributed by atoms with Gasteiger partial charge in [0, 0.05) is 18.4 Å². The summed E-state index contributed by atoms with van der Waals surface area (Å²) in [5.74, 6) is 0. The zero-order chi connectivity index (χ0) is 15.5. The molecule has 3 N–H and O–H groups in total. The molecule has 0 bridgehead atoms. The summed E-state index contributed by atoms with van der Waals surface area (Å²) in [5, 5.41) is 4.99. The molecule has 2 aromatic rings. The molecule has 0 radical (unpaired) electrons. The zero-order valence-electron chi connectivity index (χ0n) is 10.9. The molecule has 1 aromatic heterocycles. The Labute approximate surface area is 131 Å². The van der Waals surface area contributed by atoms with Crippen LogP contribution in [0, 0.1) is 0 Å². The van der Waals surface area contributed by atoms with E-state index in [1.54, 1.807) is 24.3 Å². The normalized spacial score (nSPS) is 11.0. The van der Waals surface area contributed by atoms with Crippen molar-refractivity contribution in [1.29, 1.82) is 0 Å². The van der Waals surface area contributed by atoms with Gasteiger partial charge in [-0.2, -0.15) is 0 Å². The Morgan fingerprint density at radius 2 is 1.71 bits per heavy atom. The second-order valence-electron chi connectivity index (χ2n) is 3.95. The van der Waals surface area contributed by atoms with Gasteiger partial charge in [0.15, 0.2) is 0 Å². The van der Waals surface area contributed by atoms with E-state index in [-0.39, 0.29) is 10.2 Å². The standard InChI is InChI=1S/C12H12ClN3O3S2/c1-14-12(17)15-8-2-4-9(5-3-8)16-21(18,19)11-7-6-10(13)20-11/h2-7,16H,1H3,(H2,14,15,17). The van der Waals surface area contributed by atoms with E-state index in [2.05, 4.69) is 15.4 Å². The number of carbonyl (C=O) groups excluding carboxylic acids is 1. The fourth-order valence-corrected chi connectivity index (χ4v) is 4.00. The summed E-state index contributed by atoms with van der Waals surface area (Å²) in [4.78, 5) is 11.1. The third-order valence-corrected chi connectivity index (χ3v) is 5.54. The molecule has 9 heteroatoms. The number of rotatable bonds is 4. The zero-order valence-corrected chi connectivity index (χ0v) is 13.3. The Morgan fingerprint density at radius 1 is 1.10 bits per heavy atom. The van der Waals surface area contributed by atoms with Crippen LogP contribution < -0.4 is 15.4 Å². The van der Waals surface area contributed by atoms with E-state index in [1.165, 1.54) is 19.2 Å². The van der Waals surface area contributed by atoms with E-state index in [0.29, 0.717) is 15.7 Å². The van der Waals surface area contributed by atoms with Crippen molar-refractivity contribution in [3.63, 3.8) is 0 Å². The van der Waals surface area contributed by atoms with Crippen molar-refractivity contribution < 1.29 is 13.2 Å². The van der Waals surface area contributed by atoms with Gasteiger partial charge in [0.05, 0.1) is 4.34 Å². The third kappa shape index (κ3) is 4.10. The maximum absolute atomic E-state index is 12.1. The van der Waals surface area contributed by atoms with E-state index < -0.39 is 10.0 Å².